The third-order valence-corrected chi connectivity index (χ3v) is 5.48. The number of carbonyl (C=O) groups excluding carboxylic acids is 1. The van der Waals surface area contributed by atoms with Gasteiger partial charge in [0.25, 0.3) is 0 Å². The van der Waals surface area contributed by atoms with E-state index in [1.165, 1.54) is 11.8 Å². The summed E-state index contributed by atoms with van der Waals surface area (Å²) < 4.78 is 5.05. The van der Waals surface area contributed by atoms with E-state index in [1.807, 2.05) is 48.5 Å². The highest BCUT2D eigenvalue weighted by molar-refractivity contribution is 6.03. The monoisotopic (exact) mass is 434 g/mol. The molecule has 0 saturated heterocycles. The summed E-state index contributed by atoms with van der Waals surface area (Å²) in [6, 6.07) is 32.0. The Morgan fingerprint density at radius 3 is 2.36 bits per heavy atom. The van der Waals surface area contributed by atoms with Crippen LogP contribution >= 0.6 is 0 Å². The number of anilines is 1. The van der Waals surface area contributed by atoms with Crippen molar-refractivity contribution in [3.8, 4) is 0 Å². The normalized spacial score (nSPS) is 15.6. The van der Waals surface area contributed by atoms with Gasteiger partial charge >= 0.3 is 5.91 Å². The first-order chi connectivity index (χ1) is 16.3. The lowest BCUT2D eigenvalue weighted by Crippen LogP contribution is -2.18. The molecule has 162 valence electrons. The number of nitrogens with zero attached hydrogens (tertiary/aromatic N) is 3. The second kappa shape index (κ2) is 9.36. The van der Waals surface area contributed by atoms with Gasteiger partial charge in [-0.3, -0.25) is 9.80 Å². The molecule has 6 heteroatoms. The van der Waals surface area contributed by atoms with E-state index in [1.54, 1.807) is 18.3 Å². The maximum absolute atomic E-state index is 11.9. The number of hydrazone groups is 2. The number of benzene rings is 3. The first kappa shape index (κ1) is 20.5. The molecule has 0 bridgehead atoms. The van der Waals surface area contributed by atoms with Gasteiger partial charge in [-0.1, -0.05) is 72.8 Å². The summed E-state index contributed by atoms with van der Waals surface area (Å²) in [6.07, 6.45) is 3.88. The smallest absolute Gasteiger partial charge is 0.307 e. The minimum absolute atomic E-state index is 0.119. The molecule has 0 fully saturated rings. The Labute approximate surface area is 191 Å². The van der Waals surface area contributed by atoms with Crippen LogP contribution in [0.2, 0.25) is 0 Å². The first-order valence-corrected chi connectivity index (χ1v) is 10.7. The molecule has 33 heavy (non-hydrogen) atoms. The van der Waals surface area contributed by atoms with Crippen LogP contribution in [0.25, 0.3) is 0 Å². The molecule has 0 aliphatic carbocycles. The van der Waals surface area contributed by atoms with Gasteiger partial charge in [-0.15, -0.1) is 0 Å². The molecule has 1 N–H and O–H groups in total. The average molecular weight is 434 g/mol. The largest absolute Gasteiger partial charge is 0.459 e. The fraction of sp³-hybridized carbons (Fsp3) is 0.0741. The molecule has 0 radical (unpaired) electrons. The van der Waals surface area contributed by atoms with Gasteiger partial charge < -0.3 is 4.42 Å². The van der Waals surface area contributed by atoms with E-state index in [4.69, 9.17) is 9.52 Å². The van der Waals surface area contributed by atoms with E-state index >= 15 is 0 Å². The molecule has 3 aromatic carbocycles. The number of amides is 1. The summed E-state index contributed by atoms with van der Waals surface area (Å²) in [4.78, 5) is 11.9. The van der Waals surface area contributed by atoms with Crippen molar-refractivity contribution in [1.29, 1.82) is 0 Å². The third kappa shape index (κ3) is 4.60. The van der Waals surface area contributed by atoms with Crippen LogP contribution in [0.5, 0.6) is 0 Å². The van der Waals surface area contributed by atoms with Gasteiger partial charge in [0.15, 0.2) is 5.76 Å². The number of hydrogen-bond acceptors (Lipinski definition) is 5. The van der Waals surface area contributed by atoms with E-state index in [9.17, 15) is 4.79 Å². The predicted molar refractivity (Wildman–Crippen MR) is 129 cm³/mol. The van der Waals surface area contributed by atoms with Crippen LogP contribution in [0.4, 0.5) is 5.69 Å². The van der Waals surface area contributed by atoms with Gasteiger partial charge in [0.05, 0.1) is 29.9 Å². The summed E-state index contributed by atoms with van der Waals surface area (Å²) in [5.74, 6) is -0.172. The zero-order valence-electron chi connectivity index (χ0n) is 17.8. The maximum atomic E-state index is 11.9. The fourth-order valence-electron chi connectivity index (χ4n) is 3.83. The highest BCUT2D eigenvalue weighted by Gasteiger charge is 2.29. The third-order valence-electron chi connectivity index (χ3n) is 5.48. The van der Waals surface area contributed by atoms with Crippen LogP contribution in [-0.2, 0) is 0 Å². The Morgan fingerprint density at radius 1 is 0.939 bits per heavy atom. The van der Waals surface area contributed by atoms with Crippen molar-refractivity contribution in [2.75, 3.05) is 5.01 Å². The van der Waals surface area contributed by atoms with E-state index in [0.717, 1.165) is 28.9 Å². The average Bonchev–Trinajstić information content (AvgIpc) is 3.57. The standard InChI is InChI=1S/C27H22N4O2/c32-27(26-12-7-17-33-26)29-28-19-20-13-15-23(16-14-20)31-25(22-10-5-2-6-11-22)18-24(30-31)21-8-3-1-4-9-21/h1-17,19,25H,18H2,(H,29,32). The molecule has 0 spiro atoms. The molecule has 1 unspecified atom stereocenters. The van der Waals surface area contributed by atoms with E-state index in [-0.39, 0.29) is 11.8 Å². The van der Waals surface area contributed by atoms with Crippen molar-refractivity contribution in [1.82, 2.24) is 5.43 Å². The van der Waals surface area contributed by atoms with Crippen molar-refractivity contribution in [3.05, 3.63) is 126 Å². The van der Waals surface area contributed by atoms with Crippen LogP contribution in [0.15, 0.2) is 118 Å². The number of rotatable bonds is 6. The number of furan rings is 1. The second-order valence-corrected chi connectivity index (χ2v) is 7.66. The quantitative estimate of drug-likeness (QED) is 0.326. The van der Waals surface area contributed by atoms with Gasteiger partial charge in [-0.25, -0.2) is 5.43 Å². The molecule has 1 aromatic heterocycles. The highest BCUT2D eigenvalue weighted by atomic mass is 16.3. The Balaban J connectivity index is 1.36. The van der Waals surface area contributed by atoms with Crippen molar-refractivity contribution >= 4 is 23.5 Å². The minimum Gasteiger partial charge on any atom is -0.459 e. The van der Waals surface area contributed by atoms with Gasteiger partial charge in [-0.2, -0.15) is 10.2 Å². The first-order valence-electron chi connectivity index (χ1n) is 10.7. The number of carbonyl (C=O) groups is 1. The molecule has 1 aliphatic rings. The minimum atomic E-state index is -0.390. The Hall–Kier alpha value is -4.45. The molecule has 1 aliphatic heterocycles. The molecule has 5 rings (SSSR count). The molecular weight excluding hydrogens is 412 g/mol. The summed E-state index contributed by atoms with van der Waals surface area (Å²) >= 11 is 0. The SMILES string of the molecule is O=C(NN=Cc1ccc(N2N=C(c3ccccc3)CC2c2ccccc2)cc1)c1ccco1. The van der Waals surface area contributed by atoms with Crippen LogP contribution in [0, 0.1) is 0 Å². The topological polar surface area (TPSA) is 70.2 Å². The van der Waals surface area contributed by atoms with E-state index < -0.39 is 5.91 Å². The van der Waals surface area contributed by atoms with Crippen LogP contribution in [0.1, 0.15) is 39.7 Å². The Kier molecular flexibility index (Phi) is 5.80. The van der Waals surface area contributed by atoms with Crippen LogP contribution in [0.3, 0.4) is 0 Å². The fourth-order valence-corrected chi connectivity index (χ4v) is 3.83. The van der Waals surface area contributed by atoms with Gasteiger partial charge in [0, 0.05) is 6.42 Å². The van der Waals surface area contributed by atoms with Gasteiger partial charge in [-0.05, 0) is 41.0 Å². The van der Waals surface area contributed by atoms with E-state index in [0.29, 0.717) is 0 Å². The summed E-state index contributed by atoms with van der Waals surface area (Å²) in [5, 5.41) is 11.1. The molecule has 0 saturated carbocycles. The molecule has 6 nitrogen and oxygen atoms in total. The van der Waals surface area contributed by atoms with Crippen molar-refractivity contribution in [2.45, 2.75) is 12.5 Å². The zero-order chi connectivity index (χ0) is 22.5. The van der Waals surface area contributed by atoms with Crippen molar-refractivity contribution in [2.24, 2.45) is 10.2 Å². The second-order valence-electron chi connectivity index (χ2n) is 7.66. The van der Waals surface area contributed by atoms with Gasteiger partial charge in [0.1, 0.15) is 0 Å². The molecule has 4 aromatic rings. The molecule has 1 amide bonds. The van der Waals surface area contributed by atoms with Crippen LogP contribution < -0.4 is 10.4 Å². The highest BCUT2D eigenvalue weighted by Crippen LogP contribution is 2.36. The lowest BCUT2D eigenvalue weighted by molar-refractivity contribution is 0.0927. The van der Waals surface area contributed by atoms with Gasteiger partial charge in [0.2, 0.25) is 0 Å². The molecule has 2 heterocycles. The van der Waals surface area contributed by atoms with Crippen LogP contribution in [-0.4, -0.2) is 17.8 Å². The number of hydrogen-bond donors (Lipinski definition) is 1. The summed E-state index contributed by atoms with van der Waals surface area (Å²) in [6.45, 7) is 0. The Bertz CT molecular complexity index is 1260. The van der Waals surface area contributed by atoms with Crippen molar-refractivity contribution < 1.29 is 9.21 Å². The van der Waals surface area contributed by atoms with E-state index in [2.05, 4.69) is 51.9 Å². The number of nitrogens with one attached hydrogen (secondary N) is 1. The molecule has 1 atom stereocenters. The van der Waals surface area contributed by atoms with Crippen molar-refractivity contribution in [3.63, 3.8) is 0 Å². The summed E-state index contributed by atoms with van der Waals surface area (Å²) in [7, 11) is 0. The summed E-state index contributed by atoms with van der Waals surface area (Å²) in [5.41, 5.74) is 7.74. The zero-order valence-corrected chi connectivity index (χ0v) is 17.8. The lowest BCUT2D eigenvalue weighted by atomic mass is 9.98. The maximum Gasteiger partial charge on any atom is 0.307 e. The predicted octanol–water partition coefficient (Wildman–Crippen LogP) is 5.40. The lowest BCUT2D eigenvalue weighted by Gasteiger charge is -2.24. The molecular formula is C27H22N4O2. The Morgan fingerprint density at radius 2 is 1.67 bits per heavy atom.